The Kier molecular flexibility index (Phi) is 3.78. The van der Waals surface area contributed by atoms with Crippen LogP contribution in [-0.4, -0.2) is 0 Å². The predicted octanol–water partition coefficient (Wildman–Crippen LogP) is 3.13. The summed E-state index contributed by atoms with van der Waals surface area (Å²) in [4.78, 5) is 0. The highest BCUT2D eigenvalue weighted by atomic mass is 16.3. The first kappa shape index (κ1) is 11.0. The fourth-order valence-electron chi connectivity index (χ4n) is 1.77. The molecular weight excluding hydrogens is 198 g/mol. The van der Waals surface area contributed by atoms with Crippen LogP contribution in [0.5, 0.6) is 0 Å². The summed E-state index contributed by atoms with van der Waals surface area (Å²) < 4.78 is 5.38. The zero-order valence-corrected chi connectivity index (χ0v) is 9.57. The van der Waals surface area contributed by atoms with Crippen molar-refractivity contribution in [2.45, 2.75) is 26.4 Å². The lowest BCUT2D eigenvalue weighted by atomic mass is 10.2. The van der Waals surface area contributed by atoms with E-state index in [1.807, 2.05) is 12.1 Å². The number of hydrogen-bond donors (Lipinski definition) is 1. The van der Waals surface area contributed by atoms with Gasteiger partial charge in [-0.2, -0.15) is 0 Å². The van der Waals surface area contributed by atoms with Gasteiger partial charge in [0.15, 0.2) is 0 Å². The quantitative estimate of drug-likeness (QED) is 0.829. The molecule has 0 radical (unpaired) electrons. The summed E-state index contributed by atoms with van der Waals surface area (Å²) in [6.45, 7) is 3.88. The van der Waals surface area contributed by atoms with Crippen LogP contribution in [0.1, 0.15) is 23.8 Å². The van der Waals surface area contributed by atoms with E-state index in [0.29, 0.717) is 0 Å². The van der Waals surface area contributed by atoms with Crippen molar-refractivity contribution in [2.24, 2.45) is 0 Å². The second-order valence-corrected chi connectivity index (χ2v) is 3.81. The molecule has 1 heterocycles. The zero-order chi connectivity index (χ0) is 11.2. The molecular formula is C14H17NO. The van der Waals surface area contributed by atoms with Crippen LogP contribution in [0.3, 0.4) is 0 Å². The van der Waals surface area contributed by atoms with Crippen LogP contribution in [0.4, 0.5) is 0 Å². The molecule has 0 aliphatic rings. The number of benzene rings is 1. The second-order valence-electron chi connectivity index (χ2n) is 3.81. The lowest BCUT2D eigenvalue weighted by Gasteiger charge is -2.04. The van der Waals surface area contributed by atoms with E-state index >= 15 is 0 Å². The number of hydrogen-bond acceptors (Lipinski definition) is 2. The van der Waals surface area contributed by atoms with Crippen LogP contribution in [0.25, 0.3) is 0 Å². The molecule has 0 atom stereocenters. The van der Waals surface area contributed by atoms with E-state index in [4.69, 9.17) is 4.42 Å². The van der Waals surface area contributed by atoms with Crippen LogP contribution in [0, 0.1) is 0 Å². The third-order valence-corrected chi connectivity index (χ3v) is 2.65. The zero-order valence-electron chi connectivity index (χ0n) is 9.57. The lowest BCUT2D eigenvalue weighted by molar-refractivity contribution is 0.508. The third-order valence-electron chi connectivity index (χ3n) is 2.65. The Morgan fingerprint density at radius 1 is 1.06 bits per heavy atom. The Bertz CT molecular complexity index is 419. The molecule has 2 aromatic rings. The Hall–Kier alpha value is -1.54. The molecule has 2 nitrogen and oxygen atoms in total. The Labute approximate surface area is 96.3 Å². The first-order valence-corrected chi connectivity index (χ1v) is 5.70. The highest BCUT2D eigenvalue weighted by Gasteiger charge is 2.02. The molecule has 1 aromatic carbocycles. The molecule has 0 amide bonds. The Morgan fingerprint density at radius 3 is 2.62 bits per heavy atom. The van der Waals surface area contributed by atoms with Gasteiger partial charge in [0.1, 0.15) is 5.76 Å². The van der Waals surface area contributed by atoms with E-state index in [2.05, 4.69) is 36.5 Å². The standard InChI is InChI=1S/C14H17NO/c1-2-14-13(8-9-16-14)11-15-10-12-6-4-3-5-7-12/h3-9,15H,2,10-11H2,1H3. The van der Waals surface area contributed by atoms with E-state index < -0.39 is 0 Å². The van der Waals surface area contributed by atoms with Crippen LogP contribution in [-0.2, 0) is 19.5 Å². The first-order valence-electron chi connectivity index (χ1n) is 5.70. The maximum Gasteiger partial charge on any atom is 0.107 e. The van der Waals surface area contributed by atoms with Crippen LogP contribution in [0.15, 0.2) is 47.1 Å². The molecule has 1 N–H and O–H groups in total. The van der Waals surface area contributed by atoms with Crippen molar-refractivity contribution >= 4 is 0 Å². The van der Waals surface area contributed by atoms with Gasteiger partial charge in [0.25, 0.3) is 0 Å². The van der Waals surface area contributed by atoms with Gasteiger partial charge >= 0.3 is 0 Å². The van der Waals surface area contributed by atoms with Gasteiger partial charge in [0.2, 0.25) is 0 Å². The normalized spacial score (nSPS) is 10.6. The van der Waals surface area contributed by atoms with E-state index in [0.717, 1.165) is 25.3 Å². The maximum absolute atomic E-state index is 5.38. The third kappa shape index (κ3) is 2.74. The summed E-state index contributed by atoms with van der Waals surface area (Å²) in [6, 6.07) is 12.5. The maximum atomic E-state index is 5.38. The fourth-order valence-corrected chi connectivity index (χ4v) is 1.77. The van der Waals surface area contributed by atoms with Crippen molar-refractivity contribution in [1.82, 2.24) is 5.32 Å². The molecule has 0 bridgehead atoms. The van der Waals surface area contributed by atoms with Gasteiger partial charge in [0.05, 0.1) is 6.26 Å². The van der Waals surface area contributed by atoms with Crippen molar-refractivity contribution in [2.75, 3.05) is 0 Å². The minimum absolute atomic E-state index is 0.870. The second kappa shape index (κ2) is 5.52. The molecule has 0 spiro atoms. The molecule has 0 unspecified atom stereocenters. The molecule has 0 aliphatic heterocycles. The van der Waals surface area contributed by atoms with Crippen LogP contribution >= 0.6 is 0 Å². The summed E-state index contributed by atoms with van der Waals surface area (Å²) >= 11 is 0. The molecule has 1 aromatic heterocycles. The lowest BCUT2D eigenvalue weighted by Crippen LogP contribution is -2.12. The summed E-state index contributed by atoms with van der Waals surface area (Å²) in [5, 5.41) is 3.42. The highest BCUT2D eigenvalue weighted by Crippen LogP contribution is 2.10. The Morgan fingerprint density at radius 2 is 1.88 bits per heavy atom. The number of furan rings is 1. The topological polar surface area (TPSA) is 25.2 Å². The van der Waals surface area contributed by atoms with E-state index in [-0.39, 0.29) is 0 Å². The summed E-state index contributed by atoms with van der Waals surface area (Å²) in [7, 11) is 0. The van der Waals surface area contributed by atoms with Crippen LogP contribution in [0.2, 0.25) is 0 Å². The monoisotopic (exact) mass is 215 g/mol. The predicted molar refractivity (Wildman–Crippen MR) is 65.1 cm³/mol. The van der Waals surface area contributed by atoms with Gasteiger partial charge in [-0.3, -0.25) is 0 Å². The largest absolute Gasteiger partial charge is 0.469 e. The van der Waals surface area contributed by atoms with Gasteiger partial charge in [-0.05, 0) is 11.6 Å². The molecule has 0 saturated carbocycles. The van der Waals surface area contributed by atoms with Gasteiger partial charge < -0.3 is 9.73 Å². The molecule has 0 saturated heterocycles. The van der Waals surface area contributed by atoms with Gasteiger partial charge in [-0.1, -0.05) is 37.3 Å². The average Bonchev–Trinajstić information content (AvgIpc) is 2.78. The van der Waals surface area contributed by atoms with Gasteiger partial charge in [-0.25, -0.2) is 0 Å². The van der Waals surface area contributed by atoms with E-state index in [1.54, 1.807) is 6.26 Å². The van der Waals surface area contributed by atoms with Crippen molar-refractivity contribution in [3.05, 3.63) is 59.5 Å². The number of nitrogens with one attached hydrogen (secondary N) is 1. The van der Waals surface area contributed by atoms with E-state index in [1.165, 1.54) is 11.1 Å². The van der Waals surface area contributed by atoms with Crippen molar-refractivity contribution < 1.29 is 4.42 Å². The molecule has 84 valence electrons. The number of rotatable bonds is 5. The average molecular weight is 215 g/mol. The minimum Gasteiger partial charge on any atom is -0.469 e. The smallest absolute Gasteiger partial charge is 0.107 e. The summed E-state index contributed by atoms with van der Waals surface area (Å²) in [5.41, 5.74) is 2.57. The van der Waals surface area contributed by atoms with Crippen molar-refractivity contribution in [3.8, 4) is 0 Å². The fraction of sp³-hybridized carbons (Fsp3) is 0.286. The number of aryl methyl sites for hydroxylation is 1. The molecule has 16 heavy (non-hydrogen) atoms. The van der Waals surface area contributed by atoms with Gasteiger partial charge in [0, 0.05) is 25.1 Å². The summed E-state index contributed by atoms with van der Waals surface area (Å²) in [5.74, 6) is 1.08. The van der Waals surface area contributed by atoms with Crippen LogP contribution < -0.4 is 5.32 Å². The molecule has 0 aliphatic carbocycles. The summed E-state index contributed by atoms with van der Waals surface area (Å²) in [6.07, 6.45) is 2.72. The first-order chi connectivity index (χ1) is 7.90. The van der Waals surface area contributed by atoms with Gasteiger partial charge in [-0.15, -0.1) is 0 Å². The SMILES string of the molecule is CCc1occc1CNCc1ccccc1. The van der Waals surface area contributed by atoms with E-state index in [9.17, 15) is 0 Å². The van der Waals surface area contributed by atoms with Crippen molar-refractivity contribution in [1.29, 1.82) is 0 Å². The molecule has 2 rings (SSSR count). The molecule has 2 heteroatoms. The Balaban J connectivity index is 1.85. The highest BCUT2D eigenvalue weighted by molar-refractivity contribution is 5.18. The molecule has 0 fully saturated rings. The van der Waals surface area contributed by atoms with Crippen molar-refractivity contribution in [3.63, 3.8) is 0 Å². The minimum atomic E-state index is 0.870.